The number of hydrogen-bond acceptors (Lipinski definition) is 1. The summed E-state index contributed by atoms with van der Waals surface area (Å²) in [5.41, 5.74) is 2.70. The Balaban J connectivity index is 2.07. The van der Waals surface area contributed by atoms with Gasteiger partial charge < -0.3 is 5.32 Å². The zero-order valence-electron chi connectivity index (χ0n) is 9.86. The summed E-state index contributed by atoms with van der Waals surface area (Å²) in [6, 6.07) is 13.1. The van der Waals surface area contributed by atoms with Crippen LogP contribution < -0.4 is 5.32 Å². The molecule has 0 saturated carbocycles. The highest BCUT2D eigenvalue weighted by Crippen LogP contribution is 2.29. The molecule has 2 nitrogen and oxygen atoms in total. The van der Waals surface area contributed by atoms with Crippen LogP contribution in [-0.4, -0.2) is 11.9 Å². The van der Waals surface area contributed by atoms with Crippen molar-refractivity contribution in [1.82, 2.24) is 5.32 Å². The van der Waals surface area contributed by atoms with E-state index in [4.69, 9.17) is 0 Å². The molecule has 0 saturated heterocycles. The molecule has 0 spiro atoms. The quantitative estimate of drug-likeness (QED) is 0.793. The molecule has 0 radical (unpaired) electrons. The van der Waals surface area contributed by atoms with E-state index in [2.05, 4.69) is 41.7 Å². The Morgan fingerprint density at radius 3 is 2.24 bits per heavy atom. The molecule has 2 aromatic rings. The number of amides is 1. The fraction of sp³-hybridized carbons (Fsp3) is 0.267. The van der Waals surface area contributed by atoms with E-state index >= 15 is 0 Å². The number of rotatable bonds is 1. The van der Waals surface area contributed by atoms with E-state index in [1.54, 1.807) is 6.92 Å². The van der Waals surface area contributed by atoms with Crippen LogP contribution in [0.4, 0.5) is 0 Å². The summed E-state index contributed by atoms with van der Waals surface area (Å²) in [6.45, 7) is 1.58. The second-order valence-corrected chi connectivity index (χ2v) is 4.74. The molecule has 0 atom stereocenters. The van der Waals surface area contributed by atoms with E-state index in [0.29, 0.717) is 0 Å². The van der Waals surface area contributed by atoms with E-state index in [9.17, 15) is 4.79 Å². The molecular weight excluding hydrogens is 210 g/mol. The Labute approximate surface area is 101 Å². The molecule has 0 heterocycles. The molecule has 1 aliphatic rings. The van der Waals surface area contributed by atoms with Crippen LogP contribution in [0.15, 0.2) is 36.4 Å². The van der Waals surface area contributed by atoms with Crippen molar-refractivity contribution in [2.24, 2.45) is 0 Å². The van der Waals surface area contributed by atoms with Crippen LogP contribution >= 0.6 is 0 Å². The number of hydrogen-bond donors (Lipinski definition) is 1. The third kappa shape index (κ3) is 1.80. The molecule has 2 aromatic carbocycles. The molecule has 0 fully saturated rings. The lowest BCUT2D eigenvalue weighted by atomic mass is 9.86. The average molecular weight is 225 g/mol. The number of carbonyl (C=O) groups is 1. The van der Waals surface area contributed by atoms with E-state index in [1.807, 2.05) is 0 Å². The van der Waals surface area contributed by atoms with Crippen molar-refractivity contribution in [3.8, 4) is 0 Å². The van der Waals surface area contributed by atoms with Gasteiger partial charge >= 0.3 is 0 Å². The molecular formula is C15H15NO. The molecule has 1 aliphatic carbocycles. The largest absolute Gasteiger partial charge is 0.353 e. The van der Waals surface area contributed by atoms with Crippen LogP contribution in [-0.2, 0) is 17.6 Å². The van der Waals surface area contributed by atoms with Crippen LogP contribution in [0.5, 0.6) is 0 Å². The van der Waals surface area contributed by atoms with E-state index in [0.717, 1.165) is 12.8 Å². The van der Waals surface area contributed by atoms with Crippen molar-refractivity contribution in [3.05, 3.63) is 47.5 Å². The fourth-order valence-corrected chi connectivity index (χ4v) is 2.83. The second-order valence-electron chi connectivity index (χ2n) is 4.74. The molecule has 86 valence electrons. The van der Waals surface area contributed by atoms with Gasteiger partial charge in [0.1, 0.15) is 0 Å². The van der Waals surface area contributed by atoms with Gasteiger partial charge in [-0.15, -0.1) is 0 Å². The standard InChI is InChI=1S/C15H15NO/c1-10(17)16-14-8-12-6-2-4-11-5-3-7-13(9-14)15(11)12/h2-7,14H,8-9H2,1H3,(H,16,17). The zero-order chi connectivity index (χ0) is 11.8. The fourth-order valence-electron chi connectivity index (χ4n) is 2.83. The van der Waals surface area contributed by atoms with Crippen LogP contribution in [0.1, 0.15) is 18.1 Å². The highest BCUT2D eigenvalue weighted by atomic mass is 16.1. The summed E-state index contributed by atoms with van der Waals surface area (Å²) >= 11 is 0. The van der Waals surface area contributed by atoms with E-state index in [1.165, 1.54) is 21.9 Å². The minimum absolute atomic E-state index is 0.0570. The predicted octanol–water partition coefficient (Wildman–Crippen LogP) is 2.44. The monoisotopic (exact) mass is 225 g/mol. The lowest BCUT2D eigenvalue weighted by molar-refractivity contribution is -0.119. The van der Waals surface area contributed by atoms with Crippen LogP contribution in [0.2, 0.25) is 0 Å². The lowest BCUT2D eigenvalue weighted by Crippen LogP contribution is -2.38. The number of benzene rings is 2. The minimum atomic E-state index is 0.0570. The Kier molecular flexibility index (Phi) is 2.36. The second kappa shape index (κ2) is 3.88. The van der Waals surface area contributed by atoms with Gasteiger partial charge in [0.25, 0.3) is 0 Å². The van der Waals surface area contributed by atoms with Gasteiger partial charge in [0.2, 0.25) is 5.91 Å². The van der Waals surface area contributed by atoms with Crippen molar-refractivity contribution in [2.75, 3.05) is 0 Å². The molecule has 0 aliphatic heterocycles. The Hall–Kier alpha value is -1.83. The van der Waals surface area contributed by atoms with Gasteiger partial charge in [-0.05, 0) is 34.7 Å². The molecule has 0 bridgehead atoms. The molecule has 17 heavy (non-hydrogen) atoms. The van der Waals surface area contributed by atoms with E-state index < -0.39 is 0 Å². The van der Waals surface area contributed by atoms with Gasteiger partial charge in [-0.2, -0.15) is 0 Å². The first kappa shape index (κ1) is 10.3. The molecule has 1 amide bonds. The Morgan fingerprint density at radius 1 is 1.12 bits per heavy atom. The third-order valence-electron chi connectivity index (χ3n) is 3.42. The summed E-state index contributed by atoms with van der Waals surface area (Å²) in [6.07, 6.45) is 1.88. The van der Waals surface area contributed by atoms with Crippen molar-refractivity contribution in [1.29, 1.82) is 0 Å². The SMILES string of the molecule is CC(=O)NC1Cc2cccc3cccc(c23)C1. The van der Waals surface area contributed by atoms with Gasteiger partial charge in [-0.25, -0.2) is 0 Å². The molecule has 2 heteroatoms. The minimum Gasteiger partial charge on any atom is -0.353 e. The Bertz CT molecular complexity index is 548. The van der Waals surface area contributed by atoms with Gasteiger partial charge in [-0.3, -0.25) is 4.79 Å². The van der Waals surface area contributed by atoms with Crippen molar-refractivity contribution in [2.45, 2.75) is 25.8 Å². The molecule has 0 aromatic heterocycles. The highest BCUT2D eigenvalue weighted by molar-refractivity contribution is 5.90. The third-order valence-corrected chi connectivity index (χ3v) is 3.42. The topological polar surface area (TPSA) is 29.1 Å². The van der Waals surface area contributed by atoms with Gasteiger partial charge in [0, 0.05) is 13.0 Å². The summed E-state index contributed by atoms with van der Waals surface area (Å²) in [7, 11) is 0. The first-order valence-corrected chi connectivity index (χ1v) is 6.00. The van der Waals surface area contributed by atoms with Crippen LogP contribution in [0.3, 0.4) is 0 Å². The Morgan fingerprint density at radius 2 is 1.71 bits per heavy atom. The normalized spacial score (nSPS) is 14.9. The van der Waals surface area contributed by atoms with Gasteiger partial charge in [-0.1, -0.05) is 36.4 Å². The molecule has 1 N–H and O–H groups in total. The van der Waals surface area contributed by atoms with Crippen molar-refractivity contribution < 1.29 is 4.79 Å². The zero-order valence-corrected chi connectivity index (χ0v) is 9.86. The number of carbonyl (C=O) groups excluding carboxylic acids is 1. The maximum absolute atomic E-state index is 11.2. The molecule has 0 unspecified atom stereocenters. The van der Waals surface area contributed by atoms with Gasteiger partial charge in [0.05, 0.1) is 0 Å². The maximum atomic E-state index is 11.2. The smallest absolute Gasteiger partial charge is 0.217 e. The summed E-state index contributed by atoms with van der Waals surface area (Å²) in [5, 5.41) is 5.72. The number of nitrogens with one attached hydrogen (secondary N) is 1. The average Bonchev–Trinajstić information content (AvgIpc) is 2.28. The lowest BCUT2D eigenvalue weighted by Gasteiger charge is -2.25. The molecule has 3 rings (SSSR count). The van der Waals surface area contributed by atoms with Crippen molar-refractivity contribution in [3.63, 3.8) is 0 Å². The van der Waals surface area contributed by atoms with Gasteiger partial charge in [0.15, 0.2) is 0 Å². The van der Waals surface area contributed by atoms with Crippen molar-refractivity contribution >= 4 is 16.7 Å². The predicted molar refractivity (Wildman–Crippen MR) is 69.0 cm³/mol. The van der Waals surface area contributed by atoms with Crippen LogP contribution in [0, 0.1) is 0 Å². The highest BCUT2D eigenvalue weighted by Gasteiger charge is 2.20. The van der Waals surface area contributed by atoms with Crippen LogP contribution in [0.25, 0.3) is 10.8 Å². The summed E-state index contributed by atoms with van der Waals surface area (Å²) in [5.74, 6) is 0.0570. The first-order chi connectivity index (χ1) is 8.24. The maximum Gasteiger partial charge on any atom is 0.217 e. The first-order valence-electron chi connectivity index (χ1n) is 6.00. The summed E-state index contributed by atoms with van der Waals surface area (Å²) in [4.78, 5) is 11.2. The van der Waals surface area contributed by atoms with E-state index in [-0.39, 0.29) is 11.9 Å². The summed E-state index contributed by atoms with van der Waals surface area (Å²) < 4.78 is 0.